The number of non-ortho nitro benzene ring substituents is 1. The number of hydrogen-bond donors (Lipinski definition) is 1. The van der Waals surface area contributed by atoms with Crippen LogP contribution in [0.4, 0.5) is 5.69 Å². The van der Waals surface area contributed by atoms with Gasteiger partial charge in [-0.25, -0.2) is 0 Å². The molecule has 0 aromatic heterocycles. The van der Waals surface area contributed by atoms with Crippen LogP contribution >= 0.6 is 0 Å². The maximum absolute atomic E-state index is 11.9. The maximum Gasteiger partial charge on any atom is 0.270 e. The third-order valence-electron chi connectivity index (χ3n) is 2.62. The van der Waals surface area contributed by atoms with Gasteiger partial charge >= 0.3 is 0 Å². The smallest absolute Gasteiger partial charge is 0.270 e. The fourth-order valence-corrected chi connectivity index (χ4v) is 1.64. The van der Waals surface area contributed by atoms with Crippen molar-refractivity contribution in [2.75, 3.05) is 0 Å². The van der Waals surface area contributed by atoms with Gasteiger partial charge in [-0.05, 0) is 11.6 Å². The molecule has 96 valence electrons. The van der Waals surface area contributed by atoms with Crippen molar-refractivity contribution in [2.45, 2.75) is 6.54 Å². The van der Waals surface area contributed by atoms with Crippen molar-refractivity contribution >= 4 is 11.6 Å². The van der Waals surface area contributed by atoms with Gasteiger partial charge in [-0.1, -0.05) is 36.4 Å². The normalized spacial score (nSPS) is 9.89. The first-order valence-corrected chi connectivity index (χ1v) is 5.73. The number of nitrogens with one attached hydrogen (secondary N) is 1. The van der Waals surface area contributed by atoms with Crippen molar-refractivity contribution in [3.8, 4) is 0 Å². The summed E-state index contributed by atoms with van der Waals surface area (Å²) in [5, 5.41) is 13.3. The number of amides is 1. The summed E-state index contributed by atoms with van der Waals surface area (Å²) in [5.74, 6) is -0.326. The zero-order valence-corrected chi connectivity index (χ0v) is 10.1. The number of rotatable bonds is 4. The highest BCUT2D eigenvalue weighted by Crippen LogP contribution is 2.13. The Bertz CT molecular complexity index is 597. The Hall–Kier alpha value is -2.69. The van der Waals surface area contributed by atoms with Crippen molar-refractivity contribution < 1.29 is 9.72 Å². The monoisotopic (exact) mass is 256 g/mol. The maximum atomic E-state index is 11.9. The van der Waals surface area contributed by atoms with Crippen LogP contribution in [-0.4, -0.2) is 10.8 Å². The van der Waals surface area contributed by atoms with Crippen LogP contribution in [0.2, 0.25) is 0 Å². The summed E-state index contributed by atoms with van der Waals surface area (Å²) in [5.41, 5.74) is 1.17. The molecular formula is C14H12N2O3. The van der Waals surface area contributed by atoms with Gasteiger partial charge in [0.05, 0.1) is 4.92 Å². The minimum absolute atomic E-state index is 0.0904. The molecular weight excluding hydrogens is 244 g/mol. The second-order valence-corrected chi connectivity index (χ2v) is 3.98. The van der Waals surface area contributed by atoms with Crippen molar-refractivity contribution in [3.05, 3.63) is 75.8 Å². The lowest BCUT2D eigenvalue weighted by Crippen LogP contribution is -2.22. The van der Waals surface area contributed by atoms with E-state index in [1.807, 2.05) is 30.3 Å². The summed E-state index contributed by atoms with van der Waals surface area (Å²) < 4.78 is 0. The highest BCUT2D eigenvalue weighted by molar-refractivity contribution is 5.94. The molecule has 0 saturated heterocycles. The first-order chi connectivity index (χ1) is 9.16. The average molecular weight is 256 g/mol. The van der Waals surface area contributed by atoms with Gasteiger partial charge in [0.1, 0.15) is 0 Å². The summed E-state index contributed by atoms with van der Waals surface area (Å²) in [6.45, 7) is 0.391. The van der Waals surface area contributed by atoms with Crippen LogP contribution in [-0.2, 0) is 6.54 Å². The number of benzene rings is 2. The second-order valence-electron chi connectivity index (χ2n) is 3.98. The van der Waals surface area contributed by atoms with E-state index in [2.05, 4.69) is 5.32 Å². The van der Waals surface area contributed by atoms with E-state index >= 15 is 0 Å². The largest absolute Gasteiger partial charge is 0.348 e. The predicted molar refractivity (Wildman–Crippen MR) is 70.7 cm³/mol. The van der Waals surface area contributed by atoms with Crippen molar-refractivity contribution in [3.63, 3.8) is 0 Å². The number of nitro benzene ring substituents is 1. The molecule has 0 aliphatic rings. The molecule has 0 bridgehead atoms. The Balaban J connectivity index is 2.04. The van der Waals surface area contributed by atoms with Crippen LogP contribution in [0.3, 0.4) is 0 Å². The fraction of sp³-hybridized carbons (Fsp3) is 0.0714. The highest BCUT2D eigenvalue weighted by atomic mass is 16.6. The Labute approximate surface area is 110 Å². The van der Waals surface area contributed by atoms with E-state index in [1.165, 1.54) is 18.2 Å². The van der Waals surface area contributed by atoms with Crippen LogP contribution in [0.15, 0.2) is 54.6 Å². The molecule has 0 fully saturated rings. The highest BCUT2D eigenvalue weighted by Gasteiger charge is 2.10. The van der Waals surface area contributed by atoms with E-state index < -0.39 is 4.92 Å². The van der Waals surface area contributed by atoms with E-state index in [0.29, 0.717) is 6.54 Å². The number of nitro groups is 1. The van der Waals surface area contributed by atoms with Crippen molar-refractivity contribution in [1.29, 1.82) is 0 Å². The SMILES string of the molecule is O=C(NCc1ccccc1)c1cccc([N+](=O)[O-])c1. The summed E-state index contributed by atoms with van der Waals surface area (Å²) in [6, 6.07) is 15.1. The lowest BCUT2D eigenvalue weighted by atomic mass is 10.1. The van der Waals surface area contributed by atoms with Gasteiger partial charge in [0, 0.05) is 24.2 Å². The van der Waals surface area contributed by atoms with E-state index in [9.17, 15) is 14.9 Å². The number of carbonyl (C=O) groups excluding carboxylic acids is 1. The molecule has 2 rings (SSSR count). The third kappa shape index (κ3) is 3.38. The lowest BCUT2D eigenvalue weighted by molar-refractivity contribution is -0.384. The van der Waals surface area contributed by atoms with E-state index in [-0.39, 0.29) is 17.2 Å². The Kier molecular flexibility index (Phi) is 3.87. The van der Waals surface area contributed by atoms with Gasteiger partial charge in [0.25, 0.3) is 11.6 Å². The quantitative estimate of drug-likeness (QED) is 0.674. The van der Waals surface area contributed by atoms with E-state index in [0.717, 1.165) is 5.56 Å². The van der Waals surface area contributed by atoms with Gasteiger partial charge in [0.2, 0.25) is 0 Å². The lowest BCUT2D eigenvalue weighted by Gasteiger charge is -2.05. The Morgan fingerprint density at radius 3 is 2.53 bits per heavy atom. The first-order valence-electron chi connectivity index (χ1n) is 5.73. The zero-order chi connectivity index (χ0) is 13.7. The van der Waals surface area contributed by atoms with Crippen LogP contribution < -0.4 is 5.32 Å². The summed E-state index contributed by atoms with van der Waals surface area (Å²) in [4.78, 5) is 22.0. The molecule has 0 atom stereocenters. The Morgan fingerprint density at radius 1 is 1.11 bits per heavy atom. The molecule has 2 aromatic rings. The molecule has 1 N–H and O–H groups in total. The Morgan fingerprint density at radius 2 is 1.84 bits per heavy atom. The number of carbonyl (C=O) groups is 1. The van der Waals surface area contributed by atoms with E-state index in [1.54, 1.807) is 6.07 Å². The summed E-state index contributed by atoms with van der Waals surface area (Å²) in [6.07, 6.45) is 0. The topological polar surface area (TPSA) is 72.2 Å². The fourth-order valence-electron chi connectivity index (χ4n) is 1.64. The van der Waals surface area contributed by atoms with Crippen molar-refractivity contribution in [2.24, 2.45) is 0 Å². The van der Waals surface area contributed by atoms with Crippen LogP contribution in [0, 0.1) is 10.1 Å². The molecule has 0 spiro atoms. The van der Waals surface area contributed by atoms with Crippen LogP contribution in [0.5, 0.6) is 0 Å². The molecule has 0 unspecified atom stereocenters. The van der Waals surface area contributed by atoms with Gasteiger partial charge in [-0.3, -0.25) is 14.9 Å². The van der Waals surface area contributed by atoms with Crippen LogP contribution in [0.1, 0.15) is 15.9 Å². The molecule has 1 amide bonds. The molecule has 0 saturated carbocycles. The first kappa shape index (κ1) is 12.8. The van der Waals surface area contributed by atoms with Gasteiger partial charge < -0.3 is 5.32 Å². The molecule has 0 aliphatic heterocycles. The van der Waals surface area contributed by atoms with Crippen molar-refractivity contribution in [1.82, 2.24) is 5.32 Å². The summed E-state index contributed by atoms with van der Waals surface area (Å²) in [7, 11) is 0. The molecule has 19 heavy (non-hydrogen) atoms. The molecule has 5 nitrogen and oxygen atoms in total. The summed E-state index contributed by atoms with van der Waals surface area (Å²) >= 11 is 0. The zero-order valence-electron chi connectivity index (χ0n) is 10.1. The van der Waals surface area contributed by atoms with Gasteiger partial charge in [-0.15, -0.1) is 0 Å². The average Bonchev–Trinajstić information content (AvgIpc) is 2.46. The third-order valence-corrected chi connectivity index (χ3v) is 2.62. The standard InChI is InChI=1S/C14H12N2O3/c17-14(15-10-11-5-2-1-3-6-11)12-7-4-8-13(9-12)16(18)19/h1-9H,10H2,(H,15,17). The minimum atomic E-state index is -0.520. The number of hydrogen-bond acceptors (Lipinski definition) is 3. The van der Waals surface area contributed by atoms with Gasteiger partial charge in [-0.2, -0.15) is 0 Å². The minimum Gasteiger partial charge on any atom is -0.348 e. The van der Waals surface area contributed by atoms with Gasteiger partial charge in [0.15, 0.2) is 0 Å². The molecule has 5 heteroatoms. The molecule has 0 heterocycles. The number of nitrogens with zero attached hydrogens (tertiary/aromatic N) is 1. The molecule has 0 aliphatic carbocycles. The second kappa shape index (κ2) is 5.77. The predicted octanol–water partition coefficient (Wildman–Crippen LogP) is 2.52. The van der Waals surface area contributed by atoms with Crippen LogP contribution in [0.25, 0.3) is 0 Å². The molecule has 0 radical (unpaired) electrons. The molecule has 2 aromatic carbocycles. The van der Waals surface area contributed by atoms with E-state index in [4.69, 9.17) is 0 Å².